The summed E-state index contributed by atoms with van der Waals surface area (Å²) in [6.45, 7) is 2.16. The Bertz CT molecular complexity index is 557. The number of rotatable bonds is 4. The summed E-state index contributed by atoms with van der Waals surface area (Å²) >= 11 is 0. The maximum atomic E-state index is 11.4. The third-order valence-electron chi connectivity index (χ3n) is 4.23. The summed E-state index contributed by atoms with van der Waals surface area (Å²) in [5.41, 5.74) is 1.70. The van der Waals surface area contributed by atoms with Gasteiger partial charge in [-0.2, -0.15) is 8.42 Å². The minimum absolute atomic E-state index is 0.0346. The summed E-state index contributed by atoms with van der Waals surface area (Å²) in [5.74, 6) is 0.824. The van der Waals surface area contributed by atoms with Gasteiger partial charge in [-0.3, -0.25) is 4.55 Å². The van der Waals surface area contributed by atoms with E-state index in [0.29, 0.717) is 23.8 Å². The van der Waals surface area contributed by atoms with E-state index < -0.39 is 10.1 Å². The number of hydrogen-bond donors (Lipinski definition) is 2. The Morgan fingerprint density at radius 1 is 1.15 bits per heavy atom. The third kappa shape index (κ3) is 3.81. The molecule has 0 unspecified atom stereocenters. The molecule has 0 amide bonds. The van der Waals surface area contributed by atoms with Gasteiger partial charge in [0.15, 0.2) is 0 Å². The van der Waals surface area contributed by atoms with Crippen LogP contribution in [-0.2, 0) is 16.5 Å². The molecular weight excluding hydrogens is 276 g/mol. The van der Waals surface area contributed by atoms with Gasteiger partial charge < -0.3 is 5.11 Å². The Hall–Kier alpha value is -0.910. The van der Waals surface area contributed by atoms with E-state index in [2.05, 4.69) is 0 Å². The second kappa shape index (κ2) is 6.24. The molecule has 5 heteroatoms. The SMILES string of the molecule is Cc1ccc(S(=O)(=O)O)c(CC2CCC(CO)CC2)c1. The first-order valence-corrected chi connectivity index (χ1v) is 8.52. The molecule has 0 aromatic heterocycles. The fourth-order valence-electron chi connectivity index (χ4n) is 3.05. The van der Waals surface area contributed by atoms with Gasteiger partial charge in [0, 0.05) is 6.61 Å². The molecule has 0 bridgehead atoms. The lowest BCUT2D eigenvalue weighted by atomic mass is 9.79. The molecule has 1 aromatic carbocycles. The van der Waals surface area contributed by atoms with Crippen molar-refractivity contribution in [3.05, 3.63) is 29.3 Å². The number of aryl methyl sites for hydroxylation is 1. The minimum atomic E-state index is -4.16. The van der Waals surface area contributed by atoms with Crippen LogP contribution < -0.4 is 0 Å². The normalized spacial score (nSPS) is 23.8. The number of aliphatic hydroxyl groups is 1. The Morgan fingerprint density at radius 3 is 2.30 bits per heavy atom. The number of aliphatic hydroxyl groups excluding tert-OH is 1. The third-order valence-corrected chi connectivity index (χ3v) is 5.18. The van der Waals surface area contributed by atoms with Gasteiger partial charge in [0.2, 0.25) is 0 Å². The molecule has 1 aliphatic rings. The van der Waals surface area contributed by atoms with Crippen LogP contribution in [0.25, 0.3) is 0 Å². The molecule has 1 aromatic rings. The first kappa shape index (κ1) is 15.5. The predicted molar refractivity (Wildman–Crippen MR) is 77.2 cm³/mol. The molecule has 1 saturated carbocycles. The molecular formula is C15H22O4S. The van der Waals surface area contributed by atoms with Crippen molar-refractivity contribution in [2.45, 2.75) is 43.9 Å². The van der Waals surface area contributed by atoms with Gasteiger partial charge in [-0.25, -0.2) is 0 Å². The van der Waals surface area contributed by atoms with E-state index in [9.17, 15) is 13.0 Å². The molecule has 112 valence electrons. The van der Waals surface area contributed by atoms with E-state index in [1.165, 1.54) is 6.07 Å². The van der Waals surface area contributed by atoms with Crippen molar-refractivity contribution in [2.24, 2.45) is 11.8 Å². The van der Waals surface area contributed by atoms with E-state index >= 15 is 0 Å². The van der Waals surface area contributed by atoms with Crippen LogP contribution in [0.2, 0.25) is 0 Å². The van der Waals surface area contributed by atoms with Crippen LogP contribution in [0, 0.1) is 18.8 Å². The Kier molecular flexibility index (Phi) is 4.83. The van der Waals surface area contributed by atoms with Gasteiger partial charge in [-0.15, -0.1) is 0 Å². The first-order valence-electron chi connectivity index (χ1n) is 7.08. The summed E-state index contributed by atoms with van der Waals surface area (Å²) in [5, 5.41) is 9.14. The van der Waals surface area contributed by atoms with Gasteiger partial charge >= 0.3 is 0 Å². The highest BCUT2D eigenvalue weighted by Crippen LogP contribution is 2.32. The monoisotopic (exact) mass is 298 g/mol. The highest BCUT2D eigenvalue weighted by atomic mass is 32.2. The summed E-state index contributed by atoms with van der Waals surface area (Å²) in [6.07, 6.45) is 4.67. The van der Waals surface area contributed by atoms with E-state index in [4.69, 9.17) is 5.11 Å². The van der Waals surface area contributed by atoms with Crippen molar-refractivity contribution in [1.29, 1.82) is 0 Å². The predicted octanol–water partition coefficient (Wildman–Crippen LogP) is 2.58. The maximum Gasteiger partial charge on any atom is 0.294 e. The molecule has 2 rings (SSSR count). The van der Waals surface area contributed by atoms with E-state index in [1.807, 2.05) is 13.0 Å². The molecule has 1 fully saturated rings. The van der Waals surface area contributed by atoms with Crippen LogP contribution in [0.5, 0.6) is 0 Å². The zero-order chi connectivity index (χ0) is 14.8. The largest absolute Gasteiger partial charge is 0.396 e. The van der Waals surface area contributed by atoms with Gasteiger partial charge in [0.05, 0.1) is 4.90 Å². The van der Waals surface area contributed by atoms with Crippen molar-refractivity contribution in [1.82, 2.24) is 0 Å². The van der Waals surface area contributed by atoms with Crippen LogP contribution in [0.3, 0.4) is 0 Å². The molecule has 0 radical (unpaired) electrons. The Labute approximate surface area is 120 Å². The summed E-state index contributed by atoms with van der Waals surface area (Å²) in [7, 11) is -4.16. The molecule has 0 heterocycles. The second-order valence-electron chi connectivity index (χ2n) is 5.86. The van der Waals surface area contributed by atoms with Gasteiger partial charge in [0.25, 0.3) is 10.1 Å². The van der Waals surface area contributed by atoms with E-state index in [1.54, 1.807) is 6.07 Å². The van der Waals surface area contributed by atoms with Crippen molar-refractivity contribution in [2.75, 3.05) is 6.61 Å². The number of hydrogen-bond acceptors (Lipinski definition) is 3. The highest BCUT2D eigenvalue weighted by Gasteiger charge is 2.23. The Balaban J connectivity index is 2.15. The molecule has 4 nitrogen and oxygen atoms in total. The summed E-state index contributed by atoms with van der Waals surface area (Å²) in [6, 6.07) is 5.04. The molecule has 0 saturated heterocycles. The zero-order valence-electron chi connectivity index (χ0n) is 11.7. The fourth-order valence-corrected chi connectivity index (χ4v) is 3.76. The molecule has 2 N–H and O–H groups in total. The molecule has 1 aliphatic carbocycles. The quantitative estimate of drug-likeness (QED) is 0.838. The highest BCUT2D eigenvalue weighted by molar-refractivity contribution is 7.85. The van der Waals surface area contributed by atoms with Crippen LogP contribution >= 0.6 is 0 Å². The standard InChI is InChI=1S/C15H22O4S/c1-11-2-7-15(20(17,18)19)14(8-11)9-12-3-5-13(10-16)6-4-12/h2,7-8,12-13,16H,3-6,9-10H2,1H3,(H,17,18,19). The summed E-state index contributed by atoms with van der Waals surface area (Å²) in [4.78, 5) is 0.0346. The zero-order valence-corrected chi connectivity index (χ0v) is 12.6. The van der Waals surface area contributed by atoms with Crippen LogP contribution in [0.1, 0.15) is 36.8 Å². The van der Waals surface area contributed by atoms with E-state index in [0.717, 1.165) is 31.2 Å². The van der Waals surface area contributed by atoms with E-state index in [-0.39, 0.29) is 11.5 Å². The first-order chi connectivity index (χ1) is 9.40. The average Bonchev–Trinajstić information content (AvgIpc) is 2.38. The van der Waals surface area contributed by atoms with Crippen molar-refractivity contribution in [3.8, 4) is 0 Å². The van der Waals surface area contributed by atoms with Crippen molar-refractivity contribution >= 4 is 10.1 Å². The van der Waals surface area contributed by atoms with Crippen LogP contribution in [0.15, 0.2) is 23.1 Å². The van der Waals surface area contributed by atoms with Gasteiger partial charge in [-0.05, 0) is 62.5 Å². The molecule has 0 spiro atoms. The van der Waals surface area contributed by atoms with Crippen LogP contribution in [-0.4, -0.2) is 24.7 Å². The second-order valence-corrected chi connectivity index (χ2v) is 7.25. The molecule has 0 aliphatic heterocycles. The lowest BCUT2D eigenvalue weighted by molar-refractivity contribution is 0.167. The summed E-state index contributed by atoms with van der Waals surface area (Å²) < 4.78 is 32.2. The lowest BCUT2D eigenvalue weighted by Crippen LogP contribution is -2.19. The van der Waals surface area contributed by atoms with Gasteiger partial charge in [0.1, 0.15) is 0 Å². The number of benzene rings is 1. The topological polar surface area (TPSA) is 74.6 Å². The smallest absolute Gasteiger partial charge is 0.294 e. The maximum absolute atomic E-state index is 11.4. The average molecular weight is 298 g/mol. The van der Waals surface area contributed by atoms with Crippen LogP contribution in [0.4, 0.5) is 0 Å². The minimum Gasteiger partial charge on any atom is -0.396 e. The lowest BCUT2D eigenvalue weighted by Gasteiger charge is -2.27. The molecule has 20 heavy (non-hydrogen) atoms. The fraction of sp³-hybridized carbons (Fsp3) is 0.600. The molecule has 0 atom stereocenters. The van der Waals surface area contributed by atoms with Crippen molar-refractivity contribution < 1.29 is 18.1 Å². The van der Waals surface area contributed by atoms with Crippen molar-refractivity contribution in [3.63, 3.8) is 0 Å². The Morgan fingerprint density at radius 2 is 1.75 bits per heavy atom. The van der Waals surface area contributed by atoms with Gasteiger partial charge in [-0.1, -0.05) is 17.7 Å².